The van der Waals surface area contributed by atoms with Crippen molar-refractivity contribution in [2.24, 2.45) is 5.92 Å². The van der Waals surface area contributed by atoms with Crippen molar-refractivity contribution >= 4 is 16.1 Å². The van der Waals surface area contributed by atoms with E-state index in [4.69, 9.17) is 4.74 Å². The molecule has 2 aliphatic heterocycles. The second-order valence-electron chi connectivity index (χ2n) is 7.24. The third kappa shape index (κ3) is 5.15. The summed E-state index contributed by atoms with van der Waals surface area (Å²) >= 11 is 0. The molecule has 0 aromatic carbocycles. The summed E-state index contributed by atoms with van der Waals surface area (Å²) in [6.45, 7) is 6.30. The Morgan fingerprint density at radius 1 is 1.21 bits per heavy atom. The van der Waals surface area contributed by atoms with Gasteiger partial charge >= 0.3 is 0 Å². The maximum absolute atomic E-state index is 12.6. The van der Waals surface area contributed by atoms with Crippen LogP contribution in [0, 0.1) is 5.92 Å². The summed E-state index contributed by atoms with van der Waals surface area (Å²) in [7, 11) is -1.89. The van der Waals surface area contributed by atoms with Crippen molar-refractivity contribution in [3.63, 3.8) is 0 Å². The summed E-state index contributed by atoms with van der Waals surface area (Å²) in [5.74, 6) is 0.521. The molecule has 0 radical (unpaired) electrons. The average molecular weight is 362 g/mol. The first-order valence-electron chi connectivity index (χ1n) is 8.89. The minimum Gasteiger partial charge on any atom is -0.383 e. The van der Waals surface area contributed by atoms with Gasteiger partial charge in [-0.15, -0.1) is 0 Å². The number of ether oxygens (including phenoxy) is 1. The highest BCUT2D eigenvalue weighted by Gasteiger charge is 2.36. The first kappa shape index (κ1) is 19.6. The number of nitrogens with one attached hydrogen (secondary N) is 1. The second-order valence-corrected chi connectivity index (χ2v) is 8.89. The van der Waals surface area contributed by atoms with Gasteiger partial charge in [0.2, 0.25) is 5.91 Å². The van der Waals surface area contributed by atoms with Crippen molar-refractivity contribution in [2.45, 2.75) is 58.0 Å². The fourth-order valence-corrected chi connectivity index (χ4v) is 5.21. The van der Waals surface area contributed by atoms with Gasteiger partial charge in [-0.25, -0.2) is 0 Å². The Bertz CT molecular complexity index is 515. The van der Waals surface area contributed by atoms with E-state index in [0.29, 0.717) is 51.4 Å². The van der Waals surface area contributed by atoms with Gasteiger partial charge in [0.15, 0.2) is 0 Å². The van der Waals surface area contributed by atoms with E-state index in [2.05, 4.69) is 4.72 Å². The highest BCUT2D eigenvalue weighted by Crippen LogP contribution is 2.22. The van der Waals surface area contributed by atoms with Gasteiger partial charge in [0.1, 0.15) is 0 Å². The third-order valence-electron chi connectivity index (χ3n) is 4.74. The molecule has 140 valence electrons. The fourth-order valence-electron chi connectivity index (χ4n) is 3.49. The van der Waals surface area contributed by atoms with Gasteiger partial charge in [-0.05, 0) is 31.6 Å². The first-order chi connectivity index (χ1) is 11.3. The number of hydrogen-bond acceptors (Lipinski definition) is 4. The lowest BCUT2D eigenvalue weighted by molar-refractivity contribution is -0.133. The summed E-state index contributed by atoms with van der Waals surface area (Å²) in [4.78, 5) is 13.9. The molecule has 1 unspecified atom stereocenters. The number of likely N-dealkylation sites (tertiary alicyclic amines) is 1. The van der Waals surface area contributed by atoms with Crippen molar-refractivity contribution < 1.29 is 17.9 Å². The van der Waals surface area contributed by atoms with E-state index >= 15 is 0 Å². The molecule has 0 spiro atoms. The molecular formula is C16H31N3O4S. The minimum absolute atomic E-state index is 0.0693. The van der Waals surface area contributed by atoms with E-state index in [1.807, 2.05) is 18.7 Å². The van der Waals surface area contributed by atoms with E-state index in [0.717, 1.165) is 12.8 Å². The quantitative estimate of drug-likeness (QED) is 0.733. The van der Waals surface area contributed by atoms with Crippen molar-refractivity contribution in [1.29, 1.82) is 0 Å². The number of methoxy groups -OCH3 is 1. The van der Waals surface area contributed by atoms with Crippen molar-refractivity contribution in [2.75, 3.05) is 33.4 Å². The largest absolute Gasteiger partial charge is 0.383 e. The SMILES string of the molecule is COCC1CCCN1S(=O)(=O)NC1CCN(C(=O)CC(C)C)CC1. The zero-order valence-corrected chi connectivity index (χ0v) is 15.8. The molecular weight excluding hydrogens is 330 g/mol. The van der Waals surface area contributed by atoms with E-state index in [1.54, 1.807) is 7.11 Å². The van der Waals surface area contributed by atoms with Crippen LogP contribution in [0.15, 0.2) is 0 Å². The molecule has 0 bridgehead atoms. The average Bonchev–Trinajstić information content (AvgIpc) is 2.96. The molecule has 0 saturated carbocycles. The van der Waals surface area contributed by atoms with E-state index in [1.165, 1.54) is 4.31 Å². The van der Waals surface area contributed by atoms with Crippen molar-refractivity contribution in [1.82, 2.24) is 13.9 Å². The van der Waals surface area contributed by atoms with Crippen LogP contribution in [0.1, 0.15) is 46.0 Å². The number of rotatable bonds is 7. The van der Waals surface area contributed by atoms with Crippen LogP contribution in [0.3, 0.4) is 0 Å². The van der Waals surface area contributed by atoms with Gasteiger partial charge in [0, 0.05) is 45.2 Å². The van der Waals surface area contributed by atoms with Crippen LogP contribution in [-0.4, -0.2) is 69.0 Å². The van der Waals surface area contributed by atoms with E-state index in [-0.39, 0.29) is 18.0 Å². The van der Waals surface area contributed by atoms with Gasteiger partial charge in [-0.2, -0.15) is 17.4 Å². The maximum atomic E-state index is 12.6. The molecule has 0 aliphatic carbocycles. The van der Waals surface area contributed by atoms with Crippen LogP contribution >= 0.6 is 0 Å². The molecule has 2 rings (SSSR count). The van der Waals surface area contributed by atoms with Crippen LogP contribution in [0.4, 0.5) is 0 Å². The molecule has 0 aromatic rings. The molecule has 0 aromatic heterocycles. The molecule has 24 heavy (non-hydrogen) atoms. The monoisotopic (exact) mass is 361 g/mol. The molecule has 2 aliphatic rings. The Morgan fingerprint density at radius 2 is 1.88 bits per heavy atom. The zero-order chi connectivity index (χ0) is 17.7. The van der Waals surface area contributed by atoms with Crippen LogP contribution in [0.5, 0.6) is 0 Å². The fraction of sp³-hybridized carbons (Fsp3) is 0.938. The number of piperidine rings is 1. The molecule has 1 amide bonds. The second kappa shape index (κ2) is 8.60. The summed E-state index contributed by atoms with van der Waals surface area (Å²) in [6, 6.07) is -0.165. The minimum atomic E-state index is -3.49. The number of carbonyl (C=O) groups excluding carboxylic acids is 1. The molecule has 2 fully saturated rings. The van der Waals surface area contributed by atoms with Gasteiger partial charge in [-0.1, -0.05) is 13.8 Å². The lowest BCUT2D eigenvalue weighted by Gasteiger charge is -2.34. The maximum Gasteiger partial charge on any atom is 0.280 e. The van der Waals surface area contributed by atoms with Crippen LogP contribution in [0.25, 0.3) is 0 Å². The third-order valence-corrected chi connectivity index (χ3v) is 6.47. The van der Waals surface area contributed by atoms with Gasteiger partial charge in [0.05, 0.1) is 6.61 Å². The van der Waals surface area contributed by atoms with Crippen LogP contribution < -0.4 is 4.72 Å². The van der Waals surface area contributed by atoms with Gasteiger partial charge < -0.3 is 9.64 Å². The predicted molar refractivity (Wildman–Crippen MR) is 92.7 cm³/mol. The van der Waals surface area contributed by atoms with E-state index in [9.17, 15) is 13.2 Å². The lowest BCUT2D eigenvalue weighted by Crippen LogP contribution is -2.52. The Labute approximate surface area is 145 Å². The number of amides is 1. The first-order valence-corrected chi connectivity index (χ1v) is 10.3. The number of hydrogen-bond donors (Lipinski definition) is 1. The van der Waals surface area contributed by atoms with Gasteiger partial charge in [-0.3, -0.25) is 4.79 Å². The Hall–Kier alpha value is -0.700. The van der Waals surface area contributed by atoms with Crippen molar-refractivity contribution in [3.8, 4) is 0 Å². The molecule has 2 heterocycles. The molecule has 8 heteroatoms. The summed E-state index contributed by atoms with van der Waals surface area (Å²) in [5.41, 5.74) is 0. The summed E-state index contributed by atoms with van der Waals surface area (Å²) in [5, 5.41) is 0. The highest BCUT2D eigenvalue weighted by atomic mass is 32.2. The van der Waals surface area contributed by atoms with Crippen molar-refractivity contribution in [3.05, 3.63) is 0 Å². The van der Waals surface area contributed by atoms with E-state index < -0.39 is 10.2 Å². The summed E-state index contributed by atoms with van der Waals surface area (Å²) < 4.78 is 34.8. The Morgan fingerprint density at radius 3 is 2.46 bits per heavy atom. The topological polar surface area (TPSA) is 79.0 Å². The Kier molecular flexibility index (Phi) is 7.03. The smallest absolute Gasteiger partial charge is 0.280 e. The standard InChI is InChI=1S/C16H31N3O4S/c1-13(2)11-16(20)18-9-6-14(7-10-18)17-24(21,22)19-8-4-5-15(19)12-23-3/h13-15,17H,4-12H2,1-3H3. The van der Waals surface area contributed by atoms with Crippen LogP contribution in [0.2, 0.25) is 0 Å². The normalized spacial score (nSPS) is 24.0. The molecule has 1 N–H and O–H groups in total. The molecule has 2 saturated heterocycles. The lowest BCUT2D eigenvalue weighted by atomic mass is 10.0. The van der Waals surface area contributed by atoms with Gasteiger partial charge in [0.25, 0.3) is 10.2 Å². The number of nitrogens with zero attached hydrogens (tertiary/aromatic N) is 2. The zero-order valence-electron chi connectivity index (χ0n) is 15.0. The molecule has 7 nitrogen and oxygen atoms in total. The predicted octanol–water partition coefficient (Wildman–Crippen LogP) is 0.969. The summed E-state index contributed by atoms with van der Waals surface area (Å²) in [6.07, 6.45) is 3.62. The Balaban J connectivity index is 1.85. The molecule has 1 atom stereocenters. The highest BCUT2D eigenvalue weighted by molar-refractivity contribution is 7.87. The number of carbonyl (C=O) groups is 1. The van der Waals surface area contributed by atoms with Crippen LogP contribution in [-0.2, 0) is 19.7 Å².